The molecular weight excluding hydrogens is 320 g/mol. The number of hydrogen-bond acceptors (Lipinski definition) is 3. The number of para-hydroxylation sites is 1. The summed E-state index contributed by atoms with van der Waals surface area (Å²) in [5, 5.41) is 2.04. The summed E-state index contributed by atoms with van der Waals surface area (Å²) in [4.78, 5) is 13.7. The first-order valence-corrected chi connectivity index (χ1v) is 7.47. The fourth-order valence-electron chi connectivity index (χ4n) is 2.46. The number of nitrogens with zero attached hydrogens (tertiary/aromatic N) is 3. The highest BCUT2D eigenvalue weighted by atomic mass is 35.5. The molecule has 0 aliphatic heterocycles. The Hall–Kier alpha value is -2.82. The standard InChI is InChI=1S/C19H14N4.ClH/c1-3-7-14(8-4-1)17-13-20-16-11-12-18(23-19(16)22-17)21-15-9-5-2-6-10-15;/h1-13H,(H,21,22,23);1H. The second-order valence-electron chi connectivity index (χ2n) is 5.26. The molecule has 0 saturated heterocycles. The SMILES string of the molecule is [Cl-].c1ccc([NH2+]c2ccc3ncc(-c4ccccc4)nc3n2)cc1. The number of benzene rings is 2. The predicted octanol–water partition coefficient (Wildman–Crippen LogP) is 0.222. The van der Waals surface area contributed by atoms with Crippen LogP contribution in [0.2, 0.25) is 0 Å². The van der Waals surface area contributed by atoms with Gasteiger partial charge in [-0.15, -0.1) is 0 Å². The van der Waals surface area contributed by atoms with Gasteiger partial charge in [0.2, 0.25) is 5.82 Å². The second-order valence-corrected chi connectivity index (χ2v) is 5.26. The van der Waals surface area contributed by atoms with Gasteiger partial charge in [-0.05, 0) is 18.2 Å². The zero-order valence-electron chi connectivity index (χ0n) is 12.8. The minimum absolute atomic E-state index is 0. The molecule has 4 aromatic rings. The van der Waals surface area contributed by atoms with Crippen LogP contribution >= 0.6 is 0 Å². The predicted molar refractivity (Wildman–Crippen MR) is 90.5 cm³/mol. The molecule has 0 spiro atoms. The maximum Gasteiger partial charge on any atom is 0.231 e. The lowest BCUT2D eigenvalue weighted by molar-refractivity contribution is -0.482. The molecule has 5 heteroatoms. The second kappa shape index (κ2) is 7.17. The van der Waals surface area contributed by atoms with Crippen LogP contribution in [0, 0.1) is 0 Å². The van der Waals surface area contributed by atoms with E-state index in [9.17, 15) is 0 Å². The summed E-state index contributed by atoms with van der Waals surface area (Å²) in [5.74, 6) is 0.878. The van der Waals surface area contributed by atoms with Gasteiger partial charge in [-0.1, -0.05) is 48.5 Å². The van der Waals surface area contributed by atoms with Crippen molar-refractivity contribution in [2.45, 2.75) is 0 Å². The Kier molecular flexibility index (Phi) is 4.79. The van der Waals surface area contributed by atoms with Crippen molar-refractivity contribution in [1.29, 1.82) is 0 Å². The van der Waals surface area contributed by atoms with Gasteiger partial charge >= 0.3 is 0 Å². The molecule has 24 heavy (non-hydrogen) atoms. The number of aromatic nitrogens is 3. The fourth-order valence-corrected chi connectivity index (χ4v) is 2.46. The van der Waals surface area contributed by atoms with Crippen LogP contribution in [0.1, 0.15) is 0 Å². The van der Waals surface area contributed by atoms with E-state index in [0.717, 1.165) is 28.3 Å². The first-order chi connectivity index (χ1) is 11.4. The van der Waals surface area contributed by atoms with Crippen LogP contribution < -0.4 is 17.7 Å². The molecule has 118 valence electrons. The van der Waals surface area contributed by atoms with E-state index in [4.69, 9.17) is 0 Å². The smallest absolute Gasteiger partial charge is 0.231 e. The quantitative estimate of drug-likeness (QED) is 0.545. The largest absolute Gasteiger partial charge is 1.00 e. The fraction of sp³-hybridized carbons (Fsp3) is 0. The summed E-state index contributed by atoms with van der Waals surface area (Å²) in [6.45, 7) is 0. The monoisotopic (exact) mass is 334 g/mol. The molecule has 4 nitrogen and oxygen atoms in total. The highest BCUT2D eigenvalue weighted by Gasteiger charge is 2.07. The Balaban J connectivity index is 0.00000169. The highest BCUT2D eigenvalue weighted by molar-refractivity contribution is 5.74. The number of fused-ring (bicyclic) bond motifs is 1. The molecule has 4 rings (SSSR count). The first kappa shape index (κ1) is 16.1. The van der Waals surface area contributed by atoms with Crippen molar-refractivity contribution in [2.75, 3.05) is 0 Å². The molecule has 0 saturated carbocycles. The summed E-state index contributed by atoms with van der Waals surface area (Å²) in [7, 11) is 0. The van der Waals surface area contributed by atoms with Crippen molar-refractivity contribution in [2.24, 2.45) is 0 Å². The van der Waals surface area contributed by atoms with Gasteiger partial charge in [-0.2, -0.15) is 4.98 Å². The van der Waals surface area contributed by atoms with Crippen molar-refractivity contribution >= 4 is 22.7 Å². The number of quaternary nitrogens is 1. The molecule has 0 bridgehead atoms. The van der Waals surface area contributed by atoms with E-state index >= 15 is 0 Å². The average molecular weight is 335 g/mol. The Labute approximate surface area is 146 Å². The highest BCUT2D eigenvalue weighted by Crippen LogP contribution is 2.18. The van der Waals surface area contributed by atoms with E-state index in [0.29, 0.717) is 5.65 Å². The van der Waals surface area contributed by atoms with Gasteiger partial charge in [0.05, 0.1) is 11.9 Å². The van der Waals surface area contributed by atoms with Crippen LogP contribution in [0.5, 0.6) is 0 Å². The maximum atomic E-state index is 4.65. The Morgan fingerprint density at radius 1 is 0.708 bits per heavy atom. The molecule has 0 radical (unpaired) electrons. The van der Waals surface area contributed by atoms with Crippen LogP contribution in [-0.4, -0.2) is 15.0 Å². The van der Waals surface area contributed by atoms with Gasteiger partial charge in [-0.25, -0.2) is 4.98 Å². The summed E-state index contributed by atoms with van der Waals surface area (Å²) < 4.78 is 0. The van der Waals surface area contributed by atoms with Crippen molar-refractivity contribution in [3.63, 3.8) is 0 Å². The number of hydrogen-bond donors (Lipinski definition) is 1. The van der Waals surface area contributed by atoms with Gasteiger partial charge in [0.1, 0.15) is 11.2 Å². The van der Waals surface area contributed by atoms with Crippen LogP contribution in [0.25, 0.3) is 22.4 Å². The first-order valence-electron chi connectivity index (χ1n) is 7.47. The topological polar surface area (TPSA) is 55.3 Å². The number of rotatable bonds is 3. The third-order valence-electron chi connectivity index (χ3n) is 3.61. The summed E-state index contributed by atoms with van der Waals surface area (Å²) >= 11 is 0. The normalized spacial score (nSPS) is 10.3. The summed E-state index contributed by atoms with van der Waals surface area (Å²) in [6.07, 6.45) is 1.79. The lowest BCUT2D eigenvalue weighted by Crippen LogP contribution is -3.00. The van der Waals surface area contributed by atoms with E-state index < -0.39 is 0 Å². The Bertz CT molecular complexity index is 943. The van der Waals surface area contributed by atoms with Gasteiger partial charge < -0.3 is 12.4 Å². The Morgan fingerprint density at radius 3 is 2.17 bits per heavy atom. The van der Waals surface area contributed by atoms with Crippen molar-refractivity contribution in [3.8, 4) is 11.3 Å². The molecule has 0 aliphatic carbocycles. The lowest BCUT2D eigenvalue weighted by atomic mass is 10.2. The molecule has 2 heterocycles. The summed E-state index contributed by atoms with van der Waals surface area (Å²) in [5.41, 5.74) is 4.46. The van der Waals surface area contributed by atoms with E-state index in [1.54, 1.807) is 6.20 Å². The molecule has 0 aliphatic rings. The molecule has 2 aromatic heterocycles. The van der Waals surface area contributed by atoms with Gasteiger partial charge in [0.25, 0.3) is 0 Å². The number of halogens is 1. The molecule has 0 atom stereocenters. The zero-order valence-corrected chi connectivity index (χ0v) is 13.6. The minimum Gasteiger partial charge on any atom is -1.00 e. The lowest BCUT2D eigenvalue weighted by Gasteiger charge is -2.03. The molecule has 2 aromatic carbocycles. The van der Waals surface area contributed by atoms with E-state index in [-0.39, 0.29) is 12.4 Å². The van der Waals surface area contributed by atoms with Crippen molar-refractivity contribution in [1.82, 2.24) is 15.0 Å². The van der Waals surface area contributed by atoms with Crippen LogP contribution in [0.3, 0.4) is 0 Å². The minimum atomic E-state index is 0. The van der Waals surface area contributed by atoms with Crippen molar-refractivity contribution < 1.29 is 17.7 Å². The molecule has 2 N–H and O–H groups in total. The number of nitrogens with two attached hydrogens (primary N) is 1. The Morgan fingerprint density at radius 2 is 1.42 bits per heavy atom. The molecule has 0 unspecified atom stereocenters. The zero-order chi connectivity index (χ0) is 15.5. The molecule has 0 amide bonds. The molecule has 0 fully saturated rings. The van der Waals surface area contributed by atoms with Crippen LogP contribution in [0.15, 0.2) is 79.0 Å². The third-order valence-corrected chi connectivity index (χ3v) is 3.61. The third kappa shape index (κ3) is 3.40. The van der Waals surface area contributed by atoms with Gasteiger partial charge in [0, 0.05) is 11.6 Å². The average Bonchev–Trinajstić information content (AvgIpc) is 2.63. The maximum absolute atomic E-state index is 4.65. The van der Waals surface area contributed by atoms with Gasteiger partial charge in [0.15, 0.2) is 5.65 Å². The van der Waals surface area contributed by atoms with E-state index in [2.05, 4.69) is 27.1 Å². The van der Waals surface area contributed by atoms with Gasteiger partial charge in [-0.3, -0.25) is 10.3 Å². The van der Waals surface area contributed by atoms with Crippen LogP contribution in [-0.2, 0) is 0 Å². The number of pyridine rings is 1. The van der Waals surface area contributed by atoms with Crippen molar-refractivity contribution in [3.05, 3.63) is 79.0 Å². The van der Waals surface area contributed by atoms with E-state index in [1.807, 2.05) is 66.0 Å². The van der Waals surface area contributed by atoms with E-state index in [1.165, 1.54) is 0 Å². The van der Waals surface area contributed by atoms with Crippen LogP contribution in [0.4, 0.5) is 11.5 Å². The molecular formula is C19H15ClN4. The summed E-state index contributed by atoms with van der Waals surface area (Å²) in [6, 6.07) is 24.1.